The summed E-state index contributed by atoms with van der Waals surface area (Å²) in [6.07, 6.45) is 2.20. The van der Waals surface area contributed by atoms with Gasteiger partial charge in [-0.2, -0.15) is 0 Å². The Kier molecular flexibility index (Phi) is 7.72. The first-order valence-corrected chi connectivity index (χ1v) is 10.7. The number of hydrogen-bond acceptors (Lipinski definition) is 6. The smallest absolute Gasteiger partial charge is 0.288 e. The lowest BCUT2D eigenvalue weighted by Crippen LogP contribution is -2.49. The number of rotatable bonds is 9. The minimum atomic E-state index is -0.956. The molecular formula is C22H25N5O4S. The van der Waals surface area contributed by atoms with Crippen LogP contribution in [0.3, 0.4) is 0 Å². The van der Waals surface area contributed by atoms with Crippen molar-refractivity contribution in [2.75, 3.05) is 18.5 Å². The van der Waals surface area contributed by atoms with Crippen LogP contribution in [-0.2, 0) is 9.59 Å². The molecule has 32 heavy (non-hydrogen) atoms. The number of aromatic nitrogens is 1. The second-order valence-electron chi connectivity index (χ2n) is 7.03. The molecule has 0 spiro atoms. The second-order valence-corrected chi connectivity index (χ2v) is 7.40. The van der Waals surface area contributed by atoms with E-state index in [1.807, 2.05) is 6.92 Å². The van der Waals surface area contributed by atoms with Crippen LogP contribution in [0.25, 0.3) is 0 Å². The molecule has 168 valence electrons. The summed E-state index contributed by atoms with van der Waals surface area (Å²) >= 11 is 5.37. The van der Waals surface area contributed by atoms with E-state index in [9.17, 15) is 14.4 Å². The Morgan fingerprint density at radius 1 is 1.16 bits per heavy atom. The van der Waals surface area contributed by atoms with E-state index in [0.717, 1.165) is 6.42 Å². The van der Waals surface area contributed by atoms with Crippen LogP contribution in [0.1, 0.15) is 37.2 Å². The molecule has 0 aliphatic carbocycles. The average molecular weight is 456 g/mol. The largest absolute Gasteiger partial charge is 0.494 e. The quantitative estimate of drug-likeness (QED) is 0.560. The molecule has 1 aliphatic rings. The Morgan fingerprint density at radius 2 is 1.91 bits per heavy atom. The molecule has 1 aliphatic heterocycles. The summed E-state index contributed by atoms with van der Waals surface area (Å²) in [6, 6.07) is 10.9. The number of anilines is 1. The van der Waals surface area contributed by atoms with Gasteiger partial charge in [0, 0.05) is 18.4 Å². The standard InChI is InChI=1S/C22H25N5O4S/c1-3-13-31-16-10-8-15(9-11-16)24-19(28)14-18-21(30)26(4-2)22(32)27(18)25-20(29)17-7-5-6-12-23-17/h5-12,18H,3-4,13-14H2,1-2H3,(H,24,28)(H,25,29). The number of benzene rings is 1. The summed E-state index contributed by atoms with van der Waals surface area (Å²) in [4.78, 5) is 43.4. The highest BCUT2D eigenvalue weighted by Gasteiger charge is 2.44. The summed E-state index contributed by atoms with van der Waals surface area (Å²) in [6.45, 7) is 4.73. The number of hydrazine groups is 1. The lowest BCUT2D eigenvalue weighted by Gasteiger charge is -2.24. The van der Waals surface area contributed by atoms with E-state index in [1.54, 1.807) is 49.4 Å². The number of carbonyl (C=O) groups is 3. The molecule has 1 aromatic heterocycles. The highest BCUT2D eigenvalue weighted by Crippen LogP contribution is 2.21. The van der Waals surface area contributed by atoms with Crippen molar-refractivity contribution in [2.45, 2.75) is 32.7 Å². The summed E-state index contributed by atoms with van der Waals surface area (Å²) in [5, 5.41) is 4.17. The summed E-state index contributed by atoms with van der Waals surface area (Å²) in [5.74, 6) is -0.546. The molecule has 2 aromatic rings. The first-order chi connectivity index (χ1) is 15.4. The van der Waals surface area contributed by atoms with E-state index < -0.39 is 11.9 Å². The zero-order valence-corrected chi connectivity index (χ0v) is 18.7. The molecule has 9 nitrogen and oxygen atoms in total. The van der Waals surface area contributed by atoms with Gasteiger partial charge in [-0.25, -0.2) is 5.01 Å². The van der Waals surface area contributed by atoms with Crippen LogP contribution in [0.2, 0.25) is 0 Å². The molecule has 0 radical (unpaired) electrons. The van der Waals surface area contributed by atoms with E-state index in [4.69, 9.17) is 17.0 Å². The number of nitrogens with zero attached hydrogens (tertiary/aromatic N) is 3. The van der Waals surface area contributed by atoms with Gasteiger partial charge in [0.1, 0.15) is 17.5 Å². The lowest BCUT2D eigenvalue weighted by molar-refractivity contribution is -0.130. The Hall–Kier alpha value is -3.53. The van der Waals surface area contributed by atoms with E-state index in [1.165, 1.54) is 16.1 Å². The maximum atomic E-state index is 12.8. The molecule has 1 unspecified atom stereocenters. The van der Waals surface area contributed by atoms with E-state index in [0.29, 0.717) is 24.6 Å². The maximum absolute atomic E-state index is 12.8. The fourth-order valence-corrected chi connectivity index (χ4v) is 3.54. The second kappa shape index (κ2) is 10.7. The van der Waals surface area contributed by atoms with Gasteiger partial charge in [-0.15, -0.1) is 0 Å². The number of ether oxygens (including phenoxy) is 1. The molecule has 3 rings (SSSR count). The Bertz CT molecular complexity index is 984. The van der Waals surface area contributed by atoms with E-state index in [2.05, 4.69) is 15.7 Å². The zero-order chi connectivity index (χ0) is 23.1. The van der Waals surface area contributed by atoms with Gasteiger partial charge in [-0.3, -0.25) is 29.7 Å². The molecule has 1 atom stereocenters. The SMILES string of the molecule is CCCOc1ccc(NC(=O)CC2C(=O)N(CC)C(=S)N2NC(=O)c2ccccn2)cc1. The van der Waals surface area contributed by atoms with Crippen molar-refractivity contribution in [1.29, 1.82) is 0 Å². The predicted molar refractivity (Wildman–Crippen MR) is 123 cm³/mol. The number of likely N-dealkylation sites (N-methyl/N-ethyl adjacent to an activating group) is 1. The molecule has 10 heteroatoms. The predicted octanol–water partition coefficient (Wildman–Crippen LogP) is 2.36. The minimum absolute atomic E-state index is 0.136. The summed E-state index contributed by atoms with van der Waals surface area (Å²) in [5.41, 5.74) is 3.36. The van der Waals surface area contributed by atoms with Crippen molar-refractivity contribution < 1.29 is 19.1 Å². The monoisotopic (exact) mass is 455 g/mol. The van der Waals surface area contributed by atoms with Gasteiger partial charge in [0.2, 0.25) is 5.91 Å². The fourth-order valence-electron chi connectivity index (χ4n) is 3.15. The maximum Gasteiger partial charge on any atom is 0.288 e. The molecule has 0 bridgehead atoms. The number of nitrogens with one attached hydrogen (secondary N) is 2. The Labute approximate surface area is 191 Å². The third-order valence-corrected chi connectivity index (χ3v) is 5.14. The van der Waals surface area contributed by atoms with Crippen molar-refractivity contribution in [3.05, 3.63) is 54.4 Å². The molecule has 2 N–H and O–H groups in total. The first-order valence-electron chi connectivity index (χ1n) is 10.3. The van der Waals surface area contributed by atoms with Crippen LogP contribution in [0.4, 0.5) is 5.69 Å². The van der Waals surface area contributed by atoms with Gasteiger partial charge in [0.25, 0.3) is 11.8 Å². The molecule has 0 saturated carbocycles. The molecular weight excluding hydrogens is 430 g/mol. The van der Waals surface area contributed by atoms with Crippen LogP contribution >= 0.6 is 12.2 Å². The van der Waals surface area contributed by atoms with Crippen molar-refractivity contribution in [2.24, 2.45) is 0 Å². The minimum Gasteiger partial charge on any atom is -0.494 e. The third kappa shape index (κ3) is 5.38. The van der Waals surface area contributed by atoms with Crippen LogP contribution < -0.4 is 15.5 Å². The van der Waals surface area contributed by atoms with Gasteiger partial charge < -0.3 is 10.1 Å². The number of amides is 3. The highest BCUT2D eigenvalue weighted by atomic mass is 32.1. The summed E-state index contributed by atoms with van der Waals surface area (Å²) < 4.78 is 5.53. The highest BCUT2D eigenvalue weighted by molar-refractivity contribution is 7.80. The third-order valence-electron chi connectivity index (χ3n) is 4.73. The van der Waals surface area contributed by atoms with Gasteiger partial charge in [-0.1, -0.05) is 13.0 Å². The Morgan fingerprint density at radius 3 is 2.53 bits per heavy atom. The van der Waals surface area contributed by atoms with Crippen molar-refractivity contribution >= 4 is 40.7 Å². The van der Waals surface area contributed by atoms with Crippen molar-refractivity contribution in [3.8, 4) is 5.75 Å². The topological polar surface area (TPSA) is 104 Å². The molecule has 2 heterocycles. The van der Waals surface area contributed by atoms with Crippen LogP contribution in [0, 0.1) is 0 Å². The molecule has 1 aromatic carbocycles. The van der Waals surface area contributed by atoms with Gasteiger partial charge in [0.05, 0.1) is 13.0 Å². The van der Waals surface area contributed by atoms with Gasteiger partial charge in [-0.05, 0) is 62.0 Å². The average Bonchev–Trinajstić information content (AvgIpc) is 3.02. The normalized spacial score (nSPS) is 15.6. The number of pyridine rings is 1. The number of hydrogen-bond donors (Lipinski definition) is 2. The van der Waals surface area contributed by atoms with Gasteiger partial charge in [0.15, 0.2) is 5.11 Å². The number of thiocarbonyl (C=S) groups is 1. The first kappa shape index (κ1) is 23.1. The van der Waals surface area contributed by atoms with Crippen LogP contribution in [0.5, 0.6) is 5.75 Å². The van der Waals surface area contributed by atoms with Crippen LogP contribution in [0.15, 0.2) is 48.7 Å². The van der Waals surface area contributed by atoms with Crippen molar-refractivity contribution in [3.63, 3.8) is 0 Å². The van der Waals surface area contributed by atoms with E-state index in [-0.39, 0.29) is 29.0 Å². The van der Waals surface area contributed by atoms with Crippen LogP contribution in [-0.4, -0.2) is 56.9 Å². The fraction of sp³-hybridized carbons (Fsp3) is 0.318. The summed E-state index contributed by atoms with van der Waals surface area (Å²) in [7, 11) is 0. The molecule has 1 saturated heterocycles. The molecule has 3 amide bonds. The molecule has 1 fully saturated rings. The zero-order valence-electron chi connectivity index (χ0n) is 17.9. The van der Waals surface area contributed by atoms with E-state index >= 15 is 0 Å². The lowest BCUT2D eigenvalue weighted by atomic mass is 10.2. The van der Waals surface area contributed by atoms with Gasteiger partial charge >= 0.3 is 0 Å². The number of carbonyl (C=O) groups excluding carboxylic acids is 3. The van der Waals surface area contributed by atoms with Crippen molar-refractivity contribution in [1.82, 2.24) is 20.3 Å². The Balaban J connectivity index is 1.68.